The highest BCUT2D eigenvalue weighted by molar-refractivity contribution is 7.98. The summed E-state index contributed by atoms with van der Waals surface area (Å²) in [5.74, 6) is 1.63. The molecule has 5 nitrogen and oxygen atoms in total. The Labute approximate surface area is 179 Å². The SMILES string of the molecule is Cc1ccc2nc(CSc3nnc(-c4ccccc4Cl)n3C3CCCC3)cn2c1. The zero-order valence-corrected chi connectivity index (χ0v) is 17.8. The first kappa shape index (κ1) is 18.7. The van der Waals surface area contributed by atoms with E-state index in [2.05, 4.69) is 50.6 Å². The van der Waals surface area contributed by atoms with Gasteiger partial charge in [0.05, 0.1) is 10.7 Å². The summed E-state index contributed by atoms with van der Waals surface area (Å²) in [6.45, 7) is 2.09. The highest BCUT2D eigenvalue weighted by atomic mass is 35.5. The summed E-state index contributed by atoms with van der Waals surface area (Å²) < 4.78 is 4.39. The smallest absolute Gasteiger partial charge is 0.192 e. The van der Waals surface area contributed by atoms with Crippen LogP contribution in [0.1, 0.15) is 43.0 Å². The van der Waals surface area contributed by atoms with Crippen LogP contribution in [-0.2, 0) is 5.75 Å². The maximum Gasteiger partial charge on any atom is 0.192 e. The van der Waals surface area contributed by atoms with Crippen molar-refractivity contribution in [1.82, 2.24) is 24.1 Å². The second-order valence-corrected chi connectivity index (χ2v) is 8.94. The number of rotatable bonds is 5. The van der Waals surface area contributed by atoms with Crippen LogP contribution in [-0.4, -0.2) is 24.1 Å². The average Bonchev–Trinajstić information content (AvgIpc) is 3.45. The van der Waals surface area contributed by atoms with E-state index in [0.717, 1.165) is 46.5 Å². The zero-order valence-electron chi connectivity index (χ0n) is 16.3. The van der Waals surface area contributed by atoms with Crippen LogP contribution in [0.25, 0.3) is 17.0 Å². The van der Waals surface area contributed by atoms with Gasteiger partial charge in [0, 0.05) is 29.8 Å². The van der Waals surface area contributed by atoms with Gasteiger partial charge in [0.25, 0.3) is 0 Å². The molecule has 0 saturated heterocycles. The van der Waals surface area contributed by atoms with E-state index < -0.39 is 0 Å². The molecule has 0 unspecified atom stereocenters. The van der Waals surface area contributed by atoms with Crippen molar-refractivity contribution in [2.24, 2.45) is 0 Å². The van der Waals surface area contributed by atoms with Crippen LogP contribution in [0, 0.1) is 6.92 Å². The second kappa shape index (κ2) is 7.84. The number of thioether (sulfide) groups is 1. The third kappa shape index (κ3) is 3.67. The summed E-state index contributed by atoms with van der Waals surface area (Å²) in [6.07, 6.45) is 9.03. The molecule has 5 rings (SSSR count). The highest BCUT2D eigenvalue weighted by Gasteiger charge is 2.25. The van der Waals surface area contributed by atoms with Gasteiger partial charge >= 0.3 is 0 Å². The minimum Gasteiger partial charge on any atom is -0.307 e. The summed E-state index contributed by atoms with van der Waals surface area (Å²) in [5.41, 5.74) is 4.18. The Bertz CT molecular complexity index is 1160. The molecule has 3 heterocycles. The molecule has 0 spiro atoms. The minimum absolute atomic E-state index is 0.433. The Morgan fingerprint density at radius 1 is 1.07 bits per heavy atom. The molecule has 1 fully saturated rings. The lowest BCUT2D eigenvalue weighted by Gasteiger charge is -2.17. The first-order valence-corrected chi connectivity index (χ1v) is 11.3. The summed E-state index contributed by atoms with van der Waals surface area (Å²) in [4.78, 5) is 4.74. The largest absolute Gasteiger partial charge is 0.307 e. The number of nitrogens with zero attached hydrogens (tertiary/aromatic N) is 5. The standard InChI is InChI=1S/C22H22ClN5S/c1-15-10-11-20-24-16(13-27(20)12-15)14-29-22-26-25-21(18-8-4-5-9-19(18)23)28(22)17-6-2-3-7-17/h4-5,8-13,17H,2-3,6-7,14H2,1H3. The molecule has 0 aliphatic heterocycles. The van der Waals surface area contributed by atoms with Gasteiger partial charge in [0.1, 0.15) is 5.65 Å². The quantitative estimate of drug-likeness (QED) is 0.371. The normalized spacial score (nSPS) is 14.8. The van der Waals surface area contributed by atoms with E-state index in [1.165, 1.54) is 18.4 Å². The molecule has 1 saturated carbocycles. The van der Waals surface area contributed by atoms with E-state index in [-0.39, 0.29) is 0 Å². The van der Waals surface area contributed by atoms with E-state index in [9.17, 15) is 0 Å². The van der Waals surface area contributed by atoms with Crippen LogP contribution in [0.3, 0.4) is 0 Å². The van der Waals surface area contributed by atoms with Crippen molar-refractivity contribution < 1.29 is 0 Å². The van der Waals surface area contributed by atoms with E-state index in [4.69, 9.17) is 16.6 Å². The molecule has 0 amide bonds. The number of hydrogen-bond donors (Lipinski definition) is 0. The molecule has 0 radical (unpaired) electrons. The third-order valence-corrected chi connectivity index (χ3v) is 6.77. The topological polar surface area (TPSA) is 48.0 Å². The molecule has 0 N–H and O–H groups in total. The fourth-order valence-electron chi connectivity index (χ4n) is 4.06. The minimum atomic E-state index is 0.433. The van der Waals surface area contributed by atoms with Crippen LogP contribution >= 0.6 is 23.4 Å². The van der Waals surface area contributed by atoms with Gasteiger partial charge in [0.15, 0.2) is 11.0 Å². The van der Waals surface area contributed by atoms with Gasteiger partial charge in [-0.2, -0.15) is 0 Å². The predicted molar refractivity (Wildman–Crippen MR) is 117 cm³/mol. The Hall–Kier alpha value is -2.31. The first-order chi connectivity index (χ1) is 14.2. The summed E-state index contributed by atoms with van der Waals surface area (Å²) in [7, 11) is 0. The third-order valence-electron chi connectivity index (χ3n) is 5.47. The van der Waals surface area contributed by atoms with Crippen molar-refractivity contribution >= 4 is 29.0 Å². The average molecular weight is 424 g/mol. The highest BCUT2D eigenvalue weighted by Crippen LogP contribution is 2.38. The molecule has 3 aromatic heterocycles. The number of fused-ring (bicyclic) bond motifs is 1. The van der Waals surface area contributed by atoms with Crippen molar-refractivity contribution in [3.63, 3.8) is 0 Å². The van der Waals surface area contributed by atoms with Gasteiger partial charge in [-0.25, -0.2) is 4.98 Å². The molecule has 1 aliphatic rings. The fourth-order valence-corrected chi connectivity index (χ4v) is 5.17. The molecule has 0 bridgehead atoms. The Morgan fingerprint density at radius 2 is 1.90 bits per heavy atom. The van der Waals surface area contributed by atoms with E-state index in [1.807, 2.05) is 24.3 Å². The van der Waals surface area contributed by atoms with Crippen molar-refractivity contribution in [3.8, 4) is 11.4 Å². The number of hydrogen-bond acceptors (Lipinski definition) is 4. The lowest BCUT2D eigenvalue weighted by Crippen LogP contribution is -2.08. The predicted octanol–water partition coefficient (Wildman–Crippen LogP) is 5.96. The number of pyridine rings is 1. The lowest BCUT2D eigenvalue weighted by molar-refractivity contribution is 0.485. The lowest BCUT2D eigenvalue weighted by atomic mass is 10.2. The number of imidazole rings is 1. The van der Waals surface area contributed by atoms with Gasteiger partial charge < -0.3 is 4.40 Å². The van der Waals surface area contributed by atoms with Gasteiger partial charge in [-0.3, -0.25) is 4.57 Å². The molecule has 0 atom stereocenters. The monoisotopic (exact) mass is 423 g/mol. The summed E-state index contributed by atoms with van der Waals surface area (Å²) in [6, 6.07) is 12.5. The van der Waals surface area contributed by atoms with Crippen LogP contribution < -0.4 is 0 Å². The maximum atomic E-state index is 6.48. The molecule has 4 aromatic rings. The van der Waals surface area contributed by atoms with Crippen LogP contribution in [0.5, 0.6) is 0 Å². The van der Waals surface area contributed by atoms with Gasteiger partial charge in [-0.1, -0.05) is 54.4 Å². The number of aryl methyl sites for hydroxylation is 1. The maximum absolute atomic E-state index is 6.48. The van der Waals surface area contributed by atoms with Crippen LogP contribution in [0.4, 0.5) is 0 Å². The van der Waals surface area contributed by atoms with E-state index >= 15 is 0 Å². The molecular weight excluding hydrogens is 402 g/mol. The van der Waals surface area contributed by atoms with Crippen molar-refractivity contribution in [2.45, 2.75) is 49.6 Å². The number of aromatic nitrogens is 5. The molecule has 7 heteroatoms. The molecule has 1 aromatic carbocycles. The van der Waals surface area contributed by atoms with E-state index in [1.54, 1.807) is 11.8 Å². The Balaban J connectivity index is 1.46. The Morgan fingerprint density at radius 3 is 2.72 bits per heavy atom. The van der Waals surface area contributed by atoms with Gasteiger partial charge in [-0.15, -0.1) is 10.2 Å². The number of benzene rings is 1. The Kier molecular flexibility index (Phi) is 5.06. The molecule has 29 heavy (non-hydrogen) atoms. The second-order valence-electron chi connectivity index (χ2n) is 7.59. The summed E-state index contributed by atoms with van der Waals surface area (Å²) in [5, 5.41) is 10.7. The van der Waals surface area contributed by atoms with Crippen molar-refractivity contribution in [1.29, 1.82) is 0 Å². The van der Waals surface area contributed by atoms with Crippen LogP contribution in [0.15, 0.2) is 53.9 Å². The summed E-state index contributed by atoms with van der Waals surface area (Å²) >= 11 is 8.18. The van der Waals surface area contributed by atoms with Gasteiger partial charge in [0.2, 0.25) is 0 Å². The molecular formula is C22H22ClN5S. The van der Waals surface area contributed by atoms with E-state index in [0.29, 0.717) is 11.1 Å². The molecule has 1 aliphatic carbocycles. The fraction of sp³-hybridized carbons (Fsp3) is 0.318. The zero-order chi connectivity index (χ0) is 19.8. The first-order valence-electron chi connectivity index (χ1n) is 9.96. The number of halogens is 1. The van der Waals surface area contributed by atoms with Crippen molar-refractivity contribution in [3.05, 3.63) is 65.1 Å². The van der Waals surface area contributed by atoms with Gasteiger partial charge in [-0.05, 0) is 43.5 Å². The molecule has 148 valence electrons. The van der Waals surface area contributed by atoms with Crippen molar-refractivity contribution in [2.75, 3.05) is 0 Å². The van der Waals surface area contributed by atoms with Crippen LogP contribution in [0.2, 0.25) is 5.02 Å².